The molecule has 0 aliphatic carbocycles. The number of fused-ring (bicyclic) bond motifs is 1. The number of hydrogen-bond donors (Lipinski definition) is 0. The Labute approximate surface area is 89.4 Å². The normalized spacial score (nSPS) is 10.1. The molecule has 0 saturated heterocycles. The molecule has 2 aromatic rings. The van der Waals surface area contributed by atoms with Gasteiger partial charge in [-0.1, -0.05) is 11.6 Å². The van der Waals surface area contributed by atoms with E-state index >= 15 is 0 Å². The van der Waals surface area contributed by atoms with Gasteiger partial charge in [-0.05, 0) is 30.7 Å². The fourth-order valence-corrected chi connectivity index (χ4v) is 1.62. The summed E-state index contributed by atoms with van der Waals surface area (Å²) in [6, 6.07) is 8.35. The van der Waals surface area contributed by atoms with Crippen molar-refractivity contribution in [2.45, 2.75) is 13.3 Å². The molecule has 0 bridgehead atoms. The Hall–Kier alpha value is -1.88. The summed E-state index contributed by atoms with van der Waals surface area (Å²) >= 11 is 0. The summed E-state index contributed by atoms with van der Waals surface area (Å²) < 4.78 is 0. The van der Waals surface area contributed by atoms with Crippen molar-refractivity contribution in [1.82, 2.24) is 4.98 Å². The van der Waals surface area contributed by atoms with Crippen LogP contribution in [0.25, 0.3) is 15.7 Å². The van der Waals surface area contributed by atoms with Crippen molar-refractivity contribution in [3.8, 4) is 0 Å². The molecule has 0 radical (unpaired) electrons. The number of aromatic nitrogens is 1. The van der Waals surface area contributed by atoms with Crippen molar-refractivity contribution in [3.63, 3.8) is 0 Å². The molecule has 2 nitrogen and oxygen atoms in total. The highest BCUT2D eigenvalue weighted by molar-refractivity contribution is 5.79. The summed E-state index contributed by atoms with van der Waals surface area (Å²) in [4.78, 5) is 7.72. The minimum absolute atomic E-state index is 0.541. The smallest absolute Gasteiger partial charge is 0.218 e. The fraction of sp³-hybridized carbons (Fsp3) is 0.231. The standard InChI is InChI=1S/C13H12N2/c1-10-3-4-13-12(7-10)8-11(9-15-13)5-6-14-2/h3-4,7-9H,5-6H2,1H3. The topological polar surface area (TPSA) is 17.2 Å². The average molecular weight is 196 g/mol. The van der Waals surface area contributed by atoms with Crippen molar-refractivity contribution in [2.24, 2.45) is 0 Å². The monoisotopic (exact) mass is 196 g/mol. The Morgan fingerprint density at radius 2 is 2.20 bits per heavy atom. The van der Waals surface area contributed by atoms with Crippen LogP contribution in [0.5, 0.6) is 0 Å². The van der Waals surface area contributed by atoms with Gasteiger partial charge in [0.1, 0.15) is 0 Å². The van der Waals surface area contributed by atoms with Crippen LogP contribution in [0.3, 0.4) is 0 Å². The molecule has 1 aromatic carbocycles. The van der Waals surface area contributed by atoms with E-state index in [4.69, 9.17) is 6.57 Å². The summed E-state index contributed by atoms with van der Waals surface area (Å²) in [6.45, 7) is 9.37. The van der Waals surface area contributed by atoms with Gasteiger partial charge in [0.25, 0.3) is 0 Å². The minimum Gasteiger partial charge on any atom is -0.317 e. The van der Waals surface area contributed by atoms with Crippen molar-refractivity contribution in [2.75, 3.05) is 6.54 Å². The third-order valence-electron chi connectivity index (χ3n) is 2.41. The molecule has 15 heavy (non-hydrogen) atoms. The average Bonchev–Trinajstić information content (AvgIpc) is 2.25. The molecule has 0 aliphatic rings. The summed E-state index contributed by atoms with van der Waals surface area (Å²) in [5, 5.41) is 1.16. The third kappa shape index (κ3) is 2.13. The Bertz CT molecular complexity index is 524. The second kappa shape index (κ2) is 4.10. The van der Waals surface area contributed by atoms with E-state index in [0.717, 1.165) is 22.9 Å². The van der Waals surface area contributed by atoms with Crippen LogP contribution in [0, 0.1) is 13.5 Å². The van der Waals surface area contributed by atoms with Crippen LogP contribution in [0.2, 0.25) is 0 Å². The molecule has 0 aliphatic heterocycles. The van der Waals surface area contributed by atoms with E-state index < -0.39 is 0 Å². The second-order valence-corrected chi connectivity index (χ2v) is 3.67. The maximum Gasteiger partial charge on any atom is 0.218 e. The molecule has 2 rings (SSSR count). The second-order valence-electron chi connectivity index (χ2n) is 3.67. The van der Waals surface area contributed by atoms with Gasteiger partial charge in [-0.25, -0.2) is 6.57 Å². The highest BCUT2D eigenvalue weighted by Gasteiger charge is 1.99. The first-order chi connectivity index (χ1) is 7.29. The van der Waals surface area contributed by atoms with Gasteiger partial charge < -0.3 is 4.85 Å². The van der Waals surface area contributed by atoms with Crippen LogP contribution >= 0.6 is 0 Å². The van der Waals surface area contributed by atoms with Gasteiger partial charge in [-0.2, -0.15) is 0 Å². The number of pyridine rings is 1. The molecule has 0 saturated carbocycles. The van der Waals surface area contributed by atoms with Crippen LogP contribution in [-0.2, 0) is 6.42 Å². The third-order valence-corrected chi connectivity index (χ3v) is 2.41. The van der Waals surface area contributed by atoms with Gasteiger partial charge in [0.15, 0.2) is 0 Å². The van der Waals surface area contributed by atoms with Crippen LogP contribution in [0.15, 0.2) is 30.5 Å². The number of rotatable bonds is 2. The predicted molar refractivity (Wildman–Crippen MR) is 61.7 cm³/mol. The summed E-state index contributed by atoms with van der Waals surface area (Å²) in [5.74, 6) is 0. The van der Waals surface area contributed by atoms with Crippen LogP contribution < -0.4 is 0 Å². The SMILES string of the molecule is [C-]#[N+]CCc1cnc2ccc(C)cc2c1. The molecule has 0 amide bonds. The van der Waals surface area contributed by atoms with Gasteiger partial charge in [0.05, 0.1) is 5.52 Å². The van der Waals surface area contributed by atoms with Crippen molar-refractivity contribution < 1.29 is 0 Å². The largest absolute Gasteiger partial charge is 0.317 e. The summed E-state index contributed by atoms with van der Waals surface area (Å²) in [5.41, 5.74) is 3.41. The summed E-state index contributed by atoms with van der Waals surface area (Å²) in [6.07, 6.45) is 2.66. The zero-order valence-electron chi connectivity index (χ0n) is 8.70. The maximum absolute atomic E-state index is 6.75. The lowest BCUT2D eigenvalue weighted by atomic mass is 10.1. The van der Waals surface area contributed by atoms with Crippen molar-refractivity contribution in [3.05, 3.63) is 53.0 Å². The molecule has 0 spiro atoms. The van der Waals surface area contributed by atoms with E-state index in [-0.39, 0.29) is 0 Å². The number of nitrogens with zero attached hydrogens (tertiary/aromatic N) is 2. The van der Waals surface area contributed by atoms with Gasteiger partial charge in [0, 0.05) is 18.0 Å². The van der Waals surface area contributed by atoms with E-state index in [1.54, 1.807) is 0 Å². The quantitative estimate of drug-likeness (QED) is 0.675. The first kappa shape index (κ1) is 9.67. The zero-order valence-corrected chi connectivity index (χ0v) is 8.70. The minimum atomic E-state index is 0.541. The summed E-state index contributed by atoms with van der Waals surface area (Å²) in [7, 11) is 0. The van der Waals surface area contributed by atoms with E-state index in [9.17, 15) is 0 Å². The van der Waals surface area contributed by atoms with Crippen LogP contribution in [-0.4, -0.2) is 11.5 Å². The van der Waals surface area contributed by atoms with E-state index in [1.165, 1.54) is 5.56 Å². The van der Waals surface area contributed by atoms with Crippen molar-refractivity contribution >= 4 is 10.9 Å². The lowest BCUT2D eigenvalue weighted by Gasteiger charge is -2.01. The lowest BCUT2D eigenvalue weighted by Crippen LogP contribution is -1.90. The maximum atomic E-state index is 6.75. The van der Waals surface area contributed by atoms with Gasteiger partial charge in [-0.15, -0.1) is 0 Å². The van der Waals surface area contributed by atoms with E-state index in [1.807, 2.05) is 12.3 Å². The van der Waals surface area contributed by atoms with E-state index in [2.05, 4.69) is 35.0 Å². The molecule has 0 fully saturated rings. The number of aryl methyl sites for hydroxylation is 1. The van der Waals surface area contributed by atoms with Gasteiger partial charge in [-0.3, -0.25) is 4.98 Å². The van der Waals surface area contributed by atoms with Crippen LogP contribution in [0.1, 0.15) is 11.1 Å². The number of benzene rings is 1. The highest BCUT2D eigenvalue weighted by Crippen LogP contribution is 2.15. The van der Waals surface area contributed by atoms with Crippen LogP contribution in [0.4, 0.5) is 0 Å². The Morgan fingerprint density at radius 1 is 1.33 bits per heavy atom. The number of hydrogen-bond acceptors (Lipinski definition) is 1. The predicted octanol–water partition coefficient (Wildman–Crippen LogP) is 3.01. The van der Waals surface area contributed by atoms with Gasteiger partial charge in [0.2, 0.25) is 6.54 Å². The molecule has 1 aromatic heterocycles. The van der Waals surface area contributed by atoms with E-state index in [0.29, 0.717) is 6.54 Å². The van der Waals surface area contributed by atoms with Crippen molar-refractivity contribution in [1.29, 1.82) is 0 Å². The first-order valence-corrected chi connectivity index (χ1v) is 4.98. The Morgan fingerprint density at radius 3 is 3.00 bits per heavy atom. The molecule has 0 N–H and O–H groups in total. The lowest BCUT2D eigenvalue weighted by molar-refractivity contribution is 1.07. The molecular weight excluding hydrogens is 184 g/mol. The molecular formula is C13H12N2. The first-order valence-electron chi connectivity index (χ1n) is 4.98. The van der Waals surface area contributed by atoms with Gasteiger partial charge >= 0.3 is 0 Å². The molecule has 2 heteroatoms. The molecule has 0 atom stereocenters. The zero-order chi connectivity index (χ0) is 10.7. The Kier molecular flexibility index (Phi) is 2.64. The molecule has 1 heterocycles. The highest BCUT2D eigenvalue weighted by atomic mass is 14.7. The Balaban J connectivity index is 2.41. The molecule has 74 valence electrons. The fourth-order valence-electron chi connectivity index (χ4n) is 1.62. The molecule has 0 unspecified atom stereocenters.